The Bertz CT molecular complexity index is 515. The molecule has 0 aromatic carbocycles. The van der Waals surface area contributed by atoms with Crippen LogP contribution in [0.1, 0.15) is 17.1 Å². The van der Waals surface area contributed by atoms with Gasteiger partial charge in [0.15, 0.2) is 5.82 Å². The SMILES string of the molecule is CNCc1cnc(C)nc1-n1cc(Cl)c(C)n1. The van der Waals surface area contributed by atoms with E-state index in [-0.39, 0.29) is 0 Å². The molecule has 0 bridgehead atoms. The van der Waals surface area contributed by atoms with Crippen molar-refractivity contribution in [2.45, 2.75) is 20.4 Å². The highest BCUT2D eigenvalue weighted by molar-refractivity contribution is 6.31. The lowest BCUT2D eigenvalue weighted by Gasteiger charge is -2.08. The molecule has 90 valence electrons. The molecule has 0 amide bonds. The van der Waals surface area contributed by atoms with Crippen molar-refractivity contribution in [1.29, 1.82) is 0 Å². The quantitative estimate of drug-likeness (QED) is 0.901. The minimum Gasteiger partial charge on any atom is -0.315 e. The molecule has 2 heterocycles. The standard InChI is InChI=1S/C11H14ClN5/c1-7-10(12)6-17(16-7)11-9(4-13-3)5-14-8(2)15-11/h5-6,13H,4H2,1-3H3. The van der Waals surface area contributed by atoms with Gasteiger partial charge >= 0.3 is 0 Å². The molecule has 0 fully saturated rings. The average Bonchev–Trinajstić information content (AvgIpc) is 2.62. The third-order valence-electron chi connectivity index (χ3n) is 2.39. The van der Waals surface area contributed by atoms with Crippen LogP contribution >= 0.6 is 11.6 Å². The summed E-state index contributed by atoms with van der Waals surface area (Å²) in [7, 11) is 1.88. The molecule has 6 heteroatoms. The lowest BCUT2D eigenvalue weighted by atomic mass is 10.3. The highest BCUT2D eigenvalue weighted by Crippen LogP contribution is 2.17. The van der Waals surface area contributed by atoms with Crippen molar-refractivity contribution in [2.75, 3.05) is 7.05 Å². The van der Waals surface area contributed by atoms with Crippen LogP contribution in [0.25, 0.3) is 5.82 Å². The second-order valence-electron chi connectivity index (χ2n) is 3.80. The first-order valence-corrected chi connectivity index (χ1v) is 5.69. The van der Waals surface area contributed by atoms with Crippen LogP contribution in [0.4, 0.5) is 0 Å². The molecule has 0 unspecified atom stereocenters. The number of halogens is 1. The molecule has 0 saturated heterocycles. The Balaban J connectivity index is 2.52. The third-order valence-corrected chi connectivity index (χ3v) is 2.76. The van der Waals surface area contributed by atoms with Gasteiger partial charge in [0.2, 0.25) is 0 Å². The zero-order valence-corrected chi connectivity index (χ0v) is 10.8. The van der Waals surface area contributed by atoms with Gasteiger partial charge in [0.1, 0.15) is 5.82 Å². The molecule has 0 radical (unpaired) electrons. The number of hydrogen-bond acceptors (Lipinski definition) is 4. The molecule has 0 saturated carbocycles. The van der Waals surface area contributed by atoms with E-state index >= 15 is 0 Å². The van der Waals surface area contributed by atoms with E-state index < -0.39 is 0 Å². The van der Waals surface area contributed by atoms with Gasteiger partial charge in [0.25, 0.3) is 0 Å². The van der Waals surface area contributed by atoms with E-state index in [1.54, 1.807) is 17.1 Å². The molecular formula is C11H14ClN5. The molecule has 0 aliphatic rings. The fraction of sp³-hybridized carbons (Fsp3) is 0.364. The summed E-state index contributed by atoms with van der Waals surface area (Å²) in [5, 5.41) is 8.05. The number of aryl methyl sites for hydroxylation is 2. The summed E-state index contributed by atoms with van der Waals surface area (Å²) >= 11 is 6.01. The minimum atomic E-state index is 0.636. The van der Waals surface area contributed by atoms with Crippen LogP contribution in [-0.4, -0.2) is 26.8 Å². The fourth-order valence-electron chi connectivity index (χ4n) is 1.54. The Hall–Kier alpha value is -1.46. The van der Waals surface area contributed by atoms with E-state index in [1.165, 1.54) is 0 Å². The predicted molar refractivity (Wildman–Crippen MR) is 66.4 cm³/mol. The molecule has 5 nitrogen and oxygen atoms in total. The van der Waals surface area contributed by atoms with Gasteiger partial charge in [-0.15, -0.1) is 0 Å². The Morgan fingerprint density at radius 2 is 2.18 bits per heavy atom. The Kier molecular flexibility index (Phi) is 3.40. The zero-order chi connectivity index (χ0) is 12.4. The second-order valence-corrected chi connectivity index (χ2v) is 4.21. The van der Waals surface area contributed by atoms with E-state index in [0.29, 0.717) is 17.4 Å². The zero-order valence-electron chi connectivity index (χ0n) is 10.0. The van der Waals surface area contributed by atoms with Gasteiger partial charge in [-0.1, -0.05) is 11.6 Å². The van der Waals surface area contributed by atoms with Gasteiger partial charge in [-0.05, 0) is 20.9 Å². The number of rotatable bonds is 3. The highest BCUT2D eigenvalue weighted by atomic mass is 35.5. The third kappa shape index (κ3) is 2.45. The summed E-state index contributed by atoms with van der Waals surface area (Å²) in [4.78, 5) is 8.60. The molecule has 0 aliphatic heterocycles. The average molecular weight is 252 g/mol. The van der Waals surface area contributed by atoms with Gasteiger partial charge in [0, 0.05) is 18.3 Å². The van der Waals surface area contributed by atoms with Crippen LogP contribution in [-0.2, 0) is 6.54 Å². The van der Waals surface area contributed by atoms with E-state index in [4.69, 9.17) is 11.6 Å². The van der Waals surface area contributed by atoms with Crippen molar-refractivity contribution in [3.8, 4) is 5.82 Å². The largest absolute Gasteiger partial charge is 0.315 e. The lowest BCUT2D eigenvalue weighted by molar-refractivity contribution is 0.751. The van der Waals surface area contributed by atoms with Crippen LogP contribution in [0, 0.1) is 13.8 Å². The maximum absolute atomic E-state index is 6.01. The normalized spacial score (nSPS) is 10.8. The number of aromatic nitrogens is 4. The van der Waals surface area contributed by atoms with Crippen LogP contribution in [0.2, 0.25) is 5.02 Å². The highest BCUT2D eigenvalue weighted by Gasteiger charge is 2.10. The first-order chi connectivity index (χ1) is 8.11. The molecular weight excluding hydrogens is 238 g/mol. The molecule has 0 aliphatic carbocycles. The van der Waals surface area contributed by atoms with Crippen molar-refractivity contribution in [3.05, 3.63) is 34.5 Å². The first kappa shape index (κ1) is 12.0. The first-order valence-electron chi connectivity index (χ1n) is 5.31. The molecule has 0 atom stereocenters. The predicted octanol–water partition coefficient (Wildman–Crippen LogP) is 1.65. The fourth-order valence-corrected chi connectivity index (χ4v) is 1.67. The summed E-state index contributed by atoms with van der Waals surface area (Å²) in [6.07, 6.45) is 3.57. The number of nitrogens with one attached hydrogen (secondary N) is 1. The molecule has 1 N–H and O–H groups in total. The van der Waals surface area contributed by atoms with Crippen LogP contribution in [0.15, 0.2) is 12.4 Å². The monoisotopic (exact) mass is 251 g/mol. The van der Waals surface area contributed by atoms with Crippen LogP contribution < -0.4 is 5.32 Å². The van der Waals surface area contributed by atoms with Crippen molar-refractivity contribution in [2.24, 2.45) is 0 Å². The van der Waals surface area contributed by atoms with Crippen molar-refractivity contribution >= 4 is 11.6 Å². The van der Waals surface area contributed by atoms with E-state index in [9.17, 15) is 0 Å². The summed E-state index contributed by atoms with van der Waals surface area (Å²) < 4.78 is 1.69. The molecule has 2 aromatic rings. The van der Waals surface area contributed by atoms with Crippen LogP contribution in [0.5, 0.6) is 0 Å². The topological polar surface area (TPSA) is 55.6 Å². The summed E-state index contributed by atoms with van der Waals surface area (Å²) in [6.45, 7) is 4.40. The van der Waals surface area contributed by atoms with Gasteiger partial charge in [0.05, 0.1) is 16.9 Å². The summed E-state index contributed by atoms with van der Waals surface area (Å²) in [6, 6.07) is 0. The second kappa shape index (κ2) is 4.81. The van der Waals surface area contributed by atoms with Gasteiger partial charge < -0.3 is 5.32 Å². The van der Waals surface area contributed by atoms with Gasteiger partial charge in [-0.3, -0.25) is 0 Å². The lowest BCUT2D eigenvalue weighted by Crippen LogP contribution is -2.12. The number of nitrogens with zero attached hydrogens (tertiary/aromatic N) is 4. The Labute approximate surface area is 105 Å². The Morgan fingerprint density at radius 1 is 1.41 bits per heavy atom. The maximum Gasteiger partial charge on any atom is 0.161 e. The van der Waals surface area contributed by atoms with E-state index in [1.807, 2.05) is 20.9 Å². The molecule has 0 spiro atoms. The smallest absolute Gasteiger partial charge is 0.161 e. The van der Waals surface area contributed by atoms with Crippen molar-refractivity contribution in [1.82, 2.24) is 25.1 Å². The summed E-state index contributed by atoms with van der Waals surface area (Å²) in [5.74, 6) is 1.48. The van der Waals surface area contributed by atoms with Crippen molar-refractivity contribution < 1.29 is 0 Å². The van der Waals surface area contributed by atoms with Crippen molar-refractivity contribution in [3.63, 3.8) is 0 Å². The number of hydrogen-bond donors (Lipinski definition) is 1. The minimum absolute atomic E-state index is 0.636. The summed E-state index contributed by atoms with van der Waals surface area (Å²) in [5.41, 5.74) is 1.77. The maximum atomic E-state index is 6.01. The molecule has 2 rings (SSSR count). The van der Waals surface area contributed by atoms with Gasteiger partial charge in [-0.25, -0.2) is 14.6 Å². The Morgan fingerprint density at radius 3 is 2.76 bits per heavy atom. The molecule has 17 heavy (non-hydrogen) atoms. The van der Waals surface area contributed by atoms with E-state index in [0.717, 1.165) is 17.1 Å². The van der Waals surface area contributed by atoms with Crippen LogP contribution in [0.3, 0.4) is 0 Å². The van der Waals surface area contributed by atoms with Gasteiger partial charge in [-0.2, -0.15) is 5.10 Å². The van der Waals surface area contributed by atoms with E-state index in [2.05, 4.69) is 20.4 Å². The molecule has 2 aromatic heterocycles.